The molecule has 1 heterocycles. The lowest BCUT2D eigenvalue weighted by Crippen LogP contribution is -2.29. The Labute approximate surface area is 97.7 Å². The van der Waals surface area contributed by atoms with Crippen LogP contribution in [0.5, 0.6) is 0 Å². The Bertz CT molecular complexity index is 339. The Balaban J connectivity index is 2.79. The maximum absolute atomic E-state index is 8.96. The van der Waals surface area contributed by atoms with Crippen molar-refractivity contribution in [3.8, 4) is 0 Å². The number of nitrogens with zero attached hydrogens (tertiary/aromatic N) is 2. The molecule has 0 spiro atoms. The van der Waals surface area contributed by atoms with Gasteiger partial charge in [0.05, 0.1) is 12.3 Å². The van der Waals surface area contributed by atoms with E-state index in [4.69, 9.17) is 5.11 Å². The van der Waals surface area contributed by atoms with Gasteiger partial charge in [-0.2, -0.15) is 5.10 Å². The van der Waals surface area contributed by atoms with Crippen molar-refractivity contribution in [2.45, 2.75) is 45.7 Å². The summed E-state index contributed by atoms with van der Waals surface area (Å²) < 4.78 is 1.85. The molecule has 0 saturated carbocycles. The van der Waals surface area contributed by atoms with Gasteiger partial charge in [-0.25, -0.2) is 0 Å². The summed E-state index contributed by atoms with van der Waals surface area (Å²) in [5.74, 6) is 0. The van der Waals surface area contributed by atoms with Crippen molar-refractivity contribution in [3.05, 3.63) is 17.5 Å². The molecule has 1 atom stereocenters. The fraction of sp³-hybridized carbons (Fsp3) is 0.750. The first-order chi connectivity index (χ1) is 7.34. The highest BCUT2D eigenvalue weighted by Crippen LogP contribution is 2.23. The molecule has 0 bridgehead atoms. The summed E-state index contributed by atoms with van der Waals surface area (Å²) in [6.07, 6.45) is 2.04. The Kier molecular flexibility index (Phi) is 4.10. The summed E-state index contributed by atoms with van der Waals surface area (Å²) in [6, 6.07) is 0.119. The smallest absolute Gasteiger partial charge is 0.0722 e. The summed E-state index contributed by atoms with van der Waals surface area (Å²) in [5.41, 5.74) is 2.38. The molecule has 0 aliphatic rings. The van der Waals surface area contributed by atoms with Crippen molar-refractivity contribution >= 4 is 0 Å². The first kappa shape index (κ1) is 13.2. The third-order valence-electron chi connectivity index (χ3n) is 2.53. The van der Waals surface area contributed by atoms with Crippen molar-refractivity contribution in [3.63, 3.8) is 0 Å². The summed E-state index contributed by atoms with van der Waals surface area (Å²) in [6.45, 7) is 9.36. The number of hydrogen-bond acceptors (Lipinski definition) is 3. The molecule has 0 unspecified atom stereocenters. The largest absolute Gasteiger partial charge is 0.395 e. The van der Waals surface area contributed by atoms with Gasteiger partial charge in [0.25, 0.3) is 0 Å². The normalized spacial score (nSPS) is 14.1. The highest BCUT2D eigenvalue weighted by molar-refractivity contribution is 5.23. The number of rotatable bonds is 4. The van der Waals surface area contributed by atoms with Crippen LogP contribution in [0, 0.1) is 0 Å². The van der Waals surface area contributed by atoms with Crippen LogP contribution in [-0.2, 0) is 19.0 Å². The number of aliphatic hydroxyl groups excluding tert-OH is 1. The van der Waals surface area contributed by atoms with Gasteiger partial charge in [-0.15, -0.1) is 0 Å². The fourth-order valence-corrected chi connectivity index (χ4v) is 1.65. The molecule has 1 aromatic heterocycles. The van der Waals surface area contributed by atoms with E-state index < -0.39 is 0 Å². The molecule has 1 aromatic rings. The first-order valence-electron chi connectivity index (χ1n) is 5.72. The third kappa shape index (κ3) is 3.32. The molecule has 92 valence electrons. The number of hydrogen-bond donors (Lipinski definition) is 2. The number of nitrogens with one attached hydrogen (secondary N) is 1. The van der Waals surface area contributed by atoms with Crippen LogP contribution < -0.4 is 5.32 Å². The van der Waals surface area contributed by atoms with E-state index in [1.165, 1.54) is 5.56 Å². The second-order valence-corrected chi connectivity index (χ2v) is 5.39. The van der Waals surface area contributed by atoms with E-state index in [0.717, 1.165) is 12.2 Å². The average Bonchev–Trinajstić information content (AvgIpc) is 2.55. The molecular weight excluding hydrogens is 202 g/mol. The van der Waals surface area contributed by atoms with Gasteiger partial charge in [-0.1, -0.05) is 20.8 Å². The van der Waals surface area contributed by atoms with Gasteiger partial charge in [-0.3, -0.25) is 4.68 Å². The Hall–Kier alpha value is -0.870. The zero-order valence-electron chi connectivity index (χ0n) is 10.9. The first-order valence-corrected chi connectivity index (χ1v) is 5.72. The van der Waals surface area contributed by atoms with E-state index in [9.17, 15) is 0 Å². The van der Waals surface area contributed by atoms with Crippen LogP contribution in [0.15, 0.2) is 6.20 Å². The molecule has 0 radical (unpaired) electrons. The second kappa shape index (κ2) is 4.97. The van der Waals surface area contributed by atoms with Crippen LogP contribution in [0.4, 0.5) is 0 Å². The molecule has 0 aromatic carbocycles. The van der Waals surface area contributed by atoms with E-state index in [-0.39, 0.29) is 18.1 Å². The predicted molar refractivity (Wildman–Crippen MR) is 65.3 cm³/mol. The molecule has 0 saturated heterocycles. The summed E-state index contributed by atoms with van der Waals surface area (Å²) in [7, 11) is 1.94. The van der Waals surface area contributed by atoms with E-state index in [1.54, 1.807) is 0 Å². The lowest BCUT2D eigenvalue weighted by Gasteiger charge is -2.18. The van der Waals surface area contributed by atoms with Crippen LogP contribution in [-0.4, -0.2) is 27.5 Å². The SMILES string of the molecule is C[C@H](CO)NCc1cn(C)nc1C(C)(C)C. The van der Waals surface area contributed by atoms with E-state index >= 15 is 0 Å². The van der Waals surface area contributed by atoms with E-state index in [2.05, 4.69) is 31.2 Å². The Morgan fingerprint density at radius 2 is 2.12 bits per heavy atom. The highest BCUT2D eigenvalue weighted by Gasteiger charge is 2.21. The molecule has 2 N–H and O–H groups in total. The summed E-state index contributed by atoms with van der Waals surface area (Å²) in [4.78, 5) is 0. The monoisotopic (exact) mass is 225 g/mol. The minimum absolute atomic E-state index is 0.0563. The van der Waals surface area contributed by atoms with Gasteiger partial charge in [0, 0.05) is 36.8 Å². The van der Waals surface area contributed by atoms with Gasteiger partial charge in [-0.05, 0) is 6.92 Å². The van der Waals surface area contributed by atoms with Crippen LogP contribution in [0.1, 0.15) is 39.0 Å². The lowest BCUT2D eigenvalue weighted by atomic mass is 9.89. The average molecular weight is 225 g/mol. The van der Waals surface area contributed by atoms with Gasteiger partial charge < -0.3 is 10.4 Å². The van der Waals surface area contributed by atoms with Crippen molar-refractivity contribution < 1.29 is 5.11 Å². The zero-order valence-corrected chi connectivity index (χ0v) is 10.9. The van der Waals surface area contributed by atoms with Gasteiger partial charge >= 0.3 is 0 Å². The van der Waals surface area contributed by atoms with Crippen LogP contribution in [0.3, 0.4) is 0 Å². The Morgan fingerprint density at radius 3 is 2.62 bits per heavy atom. The quantitative estimate of drug-likeness (QED) is 0.809. The summed E-state index contributed by atoms with van der Waals surface area (Å²) >= 11 is 0. The highest BCUT2D eigenvalue weighted by atomic mass is 16.3. The molecule has 4 heteroatoms. The van der Waals surface area contributed by atoms with Gasteiger partial charge in [0.15, 0.2) is 0 Å². The molecular formula is C12H23N3O. The van der Waals surface area contributed by atoms with Gasteiger partial charge in [0.2, 0.25) is 0 Å². The molecule has 0 aliphatic heterocycles. The standard InChI is InChI=1S/C12H23N3O/c1-9(8-16)13-6-10-7-15(5)14-11(10)12(2,3)4/h7,9,13,16H,6,8H2,1-5H3/t9-/m1/s1. The van der Waals surface area contributed by atoms with Crippen LogP contribution in [0.2, 0.25) is 0 Å². The molecule has 16 heavy (non-hydrogen) atoms. The minimum Gasteiger partial charge on any atom is -0.395 e. The molecule has 0 amide bonds. The van der Waals surface area contributed by atoms with E-state index in [1.807, 2.05) is 24.9 Å². The van der Waals surface area contributed by atoms with Crippen LogP contribution >= 0.6 is 0 Å². The minimum atomic E-state index is 0.0563. The van der Waals surface area contributed by atoms with Gasteiger partial charge in [0.1, 0.15) is 0 Å². The van der Waals surface area contributed by atoms with Crippen LogP contribution in [0.25, 0.3) is 0 Å². The molecule has 0 fully saturated rings. The second-order valence-electron chi connectivity index (χ2n) is 5.39. The predicted octanol–water partition coefficient (Wildman–Crippen LogP) is 1.19. The molecule has 4 nitrogen and oxygen atoms in total. The molecule has 1 rings (SSSR count). The van der Waals surface area contributed by atoms with Crippen molar-refractivity contribution in [1.82, 2.24) is 15.1 Å². The summed E-state index contributed by atoms with van der Waals surface area (Å²) in [5, 5.41) is 16.7. The zero-order chi connectivity index (χ0) is 12.3. The topological polar surface area (TPSA) is 50.1 Å². The maximum Gasteiger partial charge on any atom is 0.0722 e. The van der Waals surface area contributed by atoms with Crippen molar-refractivity contribution in [2.24, 2.45) is 7.05 Å². The third-order valence-corrected chi connectivity index (χ3v) is 2.53. The van der Waals surface area contributed by atoms with Crippen molar-refractivity contribution in [1.29, 1.82) is 0 Å². The number of aryl methyl sites for hydroxylation is 1. The maximum atomic E-state index is 8.96. The van der Waals surface area contributed by atoms with E-state index in [0.29, 0.717) is 0 Å². The fourth-order valence-electron chi connectivity index (χ4n) is 1.65. The van der Waals surface area contributed by atoms with Crippen molar-refractivity contribution in [2.75, 3.05) is 6.61 Å². The number of aromatic nitrogens is 2. The number of aliphatic hydroxyl groups is 1. The molecule has 0 aliphatic carbocycles. The lowest BCUT2D eigenvalue weighted by molar-refractivity contribution is 0.251. The Morgan fingerprint density at radius 1 is 1.50 bits per heavy atom.